The van der Waals surface area contributed by atoms with Gasteiger partial charge in [0, 0.05) is 39.8 Å². The summed E-state index contributed by atoms with van der Waals surface area (Å²) >= 11 is 0. The molecule has 22 heavy (non-hydrogen) atoms. The van der Waals surface area contributed by atoms with E-state index in [2.05, 4.69) is 4.98 Å². The topological polar surface area (TPSA) is 76.7 Å². The molecule has 2 rings (SSSR count). The maximum atomic E-state index is 12.6. The zero-order valence-corrected chi connectivity index (χ0v) is 13.4. The fourth-order valence-corrected chi connectivity index (χ4v) is 2.70. The van der Waals surface area contributed by atoms with E-state index >= 15 is 0 Å². The van der Waals surface area contributed by atoms with Crippen LogP contribution < -0.4 is 5.56 Å². The van der Waals surface area contributed by atoms with Crippen molar-refractivity contribution in [1.29, 1.82) is 0 Å². The minimum absolute atomic E-state index is 0.0618. The van der Waals surface area contributed by atoms with Gasteiger partial charge in [0.15, 0.2) is 0 Å². The summed E-state index contributed by atoms with van der Waals surface area (Å²) in [6, 6.07) is 4.46. The number of carbonyl (C=O) groups excluding carboxylic acids is 2. The molecule has 7 heteroatoms. The Hall–Kier alpha value is -2.31. The van der Waals surface area contributed by atoms with Crippen LogP contribution in [0.4, 0.5) is 4.79 Å². The van der Waals surface area contributed by atoms with Crippen molar-refractivity contribution in [2.75, 3.05) is 33.7 Å². The number of hydrogen-bond donors (Lipinski definition) is 1. The lowest BCUT2D eigenvalue weighted by molar-refractivity contribution is 0.0236. The summed E-state index contributed by atoms with van der Waals surface area (Å²) in [4.78, 5) is 43.6. The summed E-state index contributed by atoms with van der Waals surface area (Å²) in [5.74, 6) is -0.223. The molecule has 0 aromatic carbocycles. The molecule has 7 nitrogen and oxygen atoms in total. The van der Waals surface area contributed by atoms with Crippen molar-refractivity contribution in [3.63, 3.8) is 0 Å². The molecular formula is C15H22N4O3. The summed E-state index contributed by atoms with van der Waals surface area (Å²) in [7, 11) is 3.42. The van der Waals surface area contributed by atoms with Crippen molar-refractivity contribution in [1.82, 2.24) is 19.7 Å². The zero-order valence-electron chi connectivity index (χ0n) is 13.4. The molecule has 0 atom stereocenters. The van der Waals surface area contributed by atoms with Crippen LogP contribution in [0.15, 0.2) is 23.0 Å². The van der Waals surface area contributed by atoms with Crippen LogP contribution in [0, 0.1) is 0 Å². The number of pyridine rings is 1. The lowest BCUT2D eigenvalue weighted by Gasteiger charge is -2.47. The molecule has 1 aliphatic rings. The molecule has 0 radical (unpaired) electrons. The summed E-state index contributed by atoms with van der Waals surface area (Å²) in [6.45, 7) is 5.19. The fraction of sp³-hybridized carbons (Fsp3) is 0.533. The SMILES string of the molecule is CN(C)C(=O)N1CCN(C(=O)c2cccc(=O)[nH]2)C(C)(C)C1. The van der Waals surface area contributed by atoms with Crippen molar-refractivity contribution in [2.45, 2.75) is 19.4 Å². The summed E-state index contributed by atoms with van der Waals surface area (Å²) in [6.07, 6.45) is 0. The first-order chi connectivity index (χ1) is 10.2. The lowest BCUT2D eigenvalue weighted by atomic mass is 9.98. The molecule has 2 heterocycles. The third-order valence-corrected chi connectivity index (χ3v) is 3.80. The standard InChI is InChI=1S/C15H22N4O3/c1-15(2)10-18(14(22)17(3)4)8-9-19(15)13(21)11-6-5-7-12(20)16-11/h5-7H,8-10H2,1-4H3,(H,16,20). The zero-order chi connectivity index (χ0) is 16.5. The van der Waals surface area contributed by atoms with Crippen LogP contribution in [-0.2, 0) is 0 Å². The number of nitrogens with one attached hydrogen (secondary N) is 1. The second-order valence-corrected chi connectivity index (χ2v) is 6.30. The maximum Gasteiger partial charge on any atom is 0.319 e. The molecule has 1 fully saturated rings. The number of hydrogen-bond acceptors (Lipinski definition) is 3. The van der Waals surface area contributed by atoms with Crippen LogP contribution in [0.3, 0.4) is 0 Å². The van der Waals surface area contributed by atoms with Gasteiger partial charge in [-0.2, -0.15) is 0 Å². The molecule has 0 unspecified atom stereocenters. The van der Waals surface area contributed by atoms with E-state index < -0.39 is 5.54 Å². The van der Waals surface area contributed by atoms with Gasteiger partial charge in [-0.25, -0.2) is 4.79 Å². The van der Waals surface area contributed by atoms with Gasteiger partial charge in [0.25, 0.3) is 5.91 Å². The highest BCUT2D eigenvalue weighted by Crippen LogP contribution is 2.23. The number of amides is 3. The molecule has 0 spiro atoms. The molecule has 120 valence electrons. The Morgan fingerprint density at radius 1 is 1.23 bits per heavy atom. The molecule has 3 amide bonds. The maximum absolute atomic E-state index is 12.6. The monoisotopic (exact) mass is 306 g/mol. The highest BCUT2D eigenvalue weighted by Gasteiger charge is 2.39. The van der Waals surface area contributed by atoms with Gasteiger partial charge in [-0.15, -0.1) is 0 Å². The molecule has 1 aromatic heterocycles. The average molecular weight is 306 g/mol. The molecule has 1 aromatic rings. The minimum Gasteiger partial charge on any atom is -0.331 e. The molecule has 0 aliphatic carbocycles. The van der Waals surface area contributed by atoms with E-state index in [1.54, 1.807) is 36.0 Å². The first-order valence-corrected chi connectivity index (χ1v) is 7.20. The van der Waals surface area contributed by atoms with Gasteiger partial charge in [0.05, 0.1) is 5.54 Å². The summed E-state index contributed by atoms with van der Waals surface area (Å²) in [5, 5.41) is 0. The van der Waals surface area contributed by atoms with Crippen LogP contribution in [-0.4, -0.2) is 70.9 Å². The third kappa shape index (κ3) is 3.13. The number of piperazine rings is 1. The second-order valence-electron chi connectivity index (χ2n) is 6.30. The summed E-state index contributed by atoms with van der Waals surface area (Å²) in [5.41, 5.74) is -0.536. The van der Waals surface area contributed by atoms with Crippen LogP contribution in [0.5, 0.6) is 0 Å². The van der Waals surface area contributed by atoms with E-state index in [0.29, 0.717) is 19.6 Å². The number of rotatable bonds is 1. The number of aromatic amines is 1. The highest BCUT2D eigenvalue weighted by molar-refractivity contribution is 5.93. The molecule has 1 aliphatic heterocycles. The third-order valence-electron chi connectivity index (χ3n) is 3.80. The van der Waals surface area contributed by atoms with Crippen molar-refractivity contribution >= 4 is 11.9 Å². The molecule has 0 bridgehead atoms. The predicted molar refractivity (Wildman–Crippen MR) is 82.8 cm³/mol. The number of carbonyl (C=O) groups is 2. The fourth-order valence-electron chi connectivity index (χ4n) is 2.70. The quantitative estimate of drug-likeness (QED) is 0.825. The van der Waals surface area contributed by atoms with Crippen molar-refractivity contribution in [3.8, 4) is 0 Å². The van der Waals surface area contributed by atoms with E-state index in [1.165, 1.54) is 11.0 Å². The van der Waals surface area contributed by atoms with Gasteiger partial charge in [-0.3, -0.25) is 9.59 Å². The van der Waals surface area contributed by atoms with E-state index in [0.717, 1.165) is 0 Å². The minimum atomic E-state index is -0.506. The van der Waals surface area contributed by atoms with E-state index in [4.69, 9.17) is 0 Å². The Labute approximate surface area is 129 Å². The number of nitrogens with zero attached hydrogens (tertiary/aromatic N) is 3. The van der Waals surface area contributed by atoms with Gasteiger partial charge >= 0.3 is 6.03 Å². The van der Waals surface area contributed by atoms with Gasteiger partial charge in [0.2, 0.25) is 5.56 Å². The highest BCUT2D eigenvalue weighted by atomic mass is 16.2. The van der Waals surface area contributed by atoms with Crippen LogP contribution in [0.2, 0.25) is 0 Å². The molecule has 1 saturated heterocycles. The lowest BCUT2D eigenvalue weighted by Crippen LogP contribution is -2.63. The number of H-pyrrole nitrogens is 1. The first kappa shape index (κ1) is 16.1. The molecular weight excluding hydrogens is 284 g/mol. The van der Waals surface area contributed by atoms with Crippen LogP contribution >= 0.6 is 0 Å². The molecule has 1 N–H and O–H groups in total. The Balaban J connectivity index is 2.19. The van der Waals surface area contributed by atoms with Crippen molar-refractivity contribution in [3.05, 3.63) is 34.2 Å². The Morgan fingerprint density at radius 3 is 2.45 bits per heavy atom. The van der Waals surface area contributed by atoms with Gasteiger partial charge in [-0.1, -0.05) is 6.07 Å². The largest absolute Gasteiger partial charge is 0.331 e. The first-order valence-electron chi connectivity index (χ1n) is 7.20. The van der Waals surface area contributed by atoms with E-state index in [-0.39, 0.29) is 23.2 Å². The van der Waals surface area contributed by atoms with Gasteiger partial charge in [0.1, 0.15) is 5.69 Å². The smallest absolute Gasteiger partial charge is 0.319 e. The van der Waals surface area contributed by atoms with Gasteiger partial charge in [-0.05, 0) is 19.9 Å². The number of aromatic nitrogens is 1. The predicted octanol–water partition coefficient (Wildman–Crippen LogP) is 0.593. The Bertz CT molecular complexity index is 636. The van der Waals surface area contributed by atoms with E-state index in [9.17, 15) is 14.4 Å². The van der Waals surface area contributed by atoms with E-state index in [1.807, 2.05) is 13.8 Å². The van der Waals surface area contributed by atoms with Crippen LogP contribution in [0.25, 0.3) is 0 Å². The van der Waals surface area contributed by atoms with Crippen molar-refractivity contribution in [2.24, 2.45) is 0 Å². The normalized spacial score (nSPS) is 17.3. The Kier molecular flexibility index (Phi) is 4.25. The van der Waals surface area contributed by atoms with Crippen LogP contribution in [0.1, 0.15) is 24.3 Å². The van der Waals surface area contributed by atoms with Crippen molar-refractivity contribution < 1.29 is 9.59 Å². The summed E-state index contributed by atoms with van der Waals surface area (Å²) < 4.78 is 0. The second kappa shape index (κ2) is 5.82. The Morgan fingerprint density at radius 2 is 1.91 bits per heavy atom. The average Bonchev–Trinajstić information content (AvgIpc) is 2.44. The number of urea groups is 1. The van der Waals surface area contributed by atoms with Gasteiger partial charge < -0.3 is 19.7 Å². The molecule has 0 saturated carbocycles.